The number of hydrogen-bond acceptors (Lipinski definition) is 8. The highest BCUT2D eigenvalue weighted by Crippen LogP contribution is 2.29. The van der Waals surface area contributed by atoms with Crippen LogP contribution in [0.25, 0.3) is 11.3 Å². The van der Waals surface area contributed by atoms with Crippen LogP contribution in [-0.2, 0) is 16.1 Å². The van der Waals surface area contributed by atoms with Gasteiger partial charge in [-0.2, -0.15) is 0 Å². The monoisotopic (exact) mass is 489 g/mol. The fourth-order valence-electron chi connectivity index (χ4n) is 4.31. The lowest BCUT2D eigenvalue weighted by Gasteiger charge is -2.25. The minimum Gasteiger partial charge on any atom is -0.490 e. The van der Waals surface area contributed by atoms with Crippen LogP contribution < -0.4 is 21.1 Å². The first-order valence-corrected chi connectivity index (χ1v) is 12.4. The number of nitrogens with one attached hydrogen (secondary N) is 2. The number of hydrogen-bond donors (Lipinski definition) is 3. The summed E-state index contributed by atoms with van der Waals surface area (Å²) in [5.74, 6) is 1.10. The molecule has 0 atom stereocenters. The van der Waals surface area contributed by atoms with Crippen LogP contribution in [0, 0.1) is 0 Å². The van der Waals surface area contributed by atoms with Crippen molar-refractivity contribution in [1.82, 2.24) is 15.3 Å². The number of nitrogen functional groups attached to an aromatic ring is 1. The number of rotatable bonds is 2. The van der Waals surface area contributed by atoms with Crippen molar-refractivity contribution in [3.05, 3.63) is 59.8 Å². The van der Waals surface area contributed by atoms with Crippen molar-refractivity contribution in [3.63, 3.8) is 0 Å². The van der Waals surface area contributed by atoms with E-state index in [9.17, 15) is 4.79 Å². The molecule has 2 aromatic carbocycles. The number of benzene rings is 2. The average molecular weight is 490 g/mol. The minimum atomic E-state index is -0.150. The van der Waals surface area contributed by atoms with Gasteiger partial charge < -0.3 is 30.6 Å². The van der Waals surface area contributed by atoms with Gasteiger partial charge in [0, 0.05) is 60.3 Å². The Morgan fingerprint density at radius 2 is 1.89 bits per heavy atom. The van der Waals surface area contributed by atoms with E-state index in [0.29, 0.717) is 55.9 Å². The third-order valence-electron chi connectivity index (χ3n) is 6.28. The molecule has 1 fully saturated rings. The van der Waals surface area contributed by atoms with Gasteiger partial charge in [0.1, 0.15) is 11.9 Å². The molecule has 4 heterocycles. The molecule has 6 bridgehead atoms. The van der Waals surface area contributed by atoms with E-state index in [-0.39, 0.29) is 12.0 Å². The van der Waals surface area contributed by atoms with E-state index >= 15 is 0 Å². The Kier molecular flexibility index (Phi) is 7.58. The molecule has 36 heavy (non-hydrogen) atoms. The van der Waals surface area contributed by atoms with Crippen molar-refractivity contribution in [3.8, 4) is 17.0 Å². The zero-order valence-corrected chi connectivity index (χ0v) is 20.2. The lowest BCUT2D eigenvalue weighted by Crippen LogP contribution is -2.26. The molecule has 3 aliphatic rings. The molecule has 188 valence electrons. The molecule has 3 aromatic rings. The smallest absolute Gasteiger partial charge is 0.251 e. The van der Waals surface area contributed by atoms with E-state index in [4.69, 9.17) is 19.9 Å². The number of nitrogens with zero attached hydrogens (tertiary/aromatic N) is 2. The molecule has 1 aromatic heterocycles. The molecular formula is C27H31N5O4. The summed E-state index contributed by atoms with van der Waals surface area (Å²) in [7, 11) is 0. The Morgan fingerprint density at radius 3 is 2.75 bits per heavy atom. The summed E-state index contributed by atoms with van der Waals surface area (Å²) in [5.41, 5.74) is 10.5. The largest absolute Gasteiger partial charge is 0.490 e. The molecule has 6 rings (SSSR count). The van der Waals surface area contributed by atoms with Crippen molar-refractivity contribution in [1.29, 1.82) is 0 Å². The predicted octanol–water partition coefficient (Wildman–Crippen LogP) is 4.07. The van der Waals surface area contributed by atoms with Crippen LogP contribution in [0.5, 0.6) is 5.75 Å². The molecule has 0 saturated carbocycles. The van der Waals surface area contributed by atoms with Gasteiger partial charge in [-0.3, -0.25) is 4.79 Å². The van der Waals surface area contributed by atoms with Crippen LogP contribution in [0.4, 0.5) is 17.3 Å². The Hall–Kier alpha value is -3.69. The maximum atomic E-state index is 12.5. The summed E-state index contributed by atoms with van der Waals surface area (Å²) < 4.78 is 17.8. The SMILES string of the molecule is Nc1cc2ccc1-c1ccnc(n1)Nc1ccc(OC3CCOCC3)c(c1)COCCCCNC2=O. The van der Waals surface area contributed by atoms with E-state index in [1.807, 2.05) is 24.3 Å². The maximum Gasteiger partial charge on any atom is 0.251 e. The highest BCUT2D eigenvalue weighted by Gasteiger charge is 2.18. The number of nitrogens with two attached hydrogens (primary N) is 1. The van der Waals surface area contributed by atoms with Gasteiger partial charge in [0.05, 0.1) is 25.5 Å². The van der Waals surface area contributed by atoms with Gasteiger partial charge in [-0.25, -0.2) is 9.97 Å². The first-order chi connectivity index (χ1) is 17.7. The van der Waals surface area contributed by atoms with Crippen molar-refractivity contribution in [2.75, 3.05) is 37.4 Å². The quantitative estimate of drug-likeness (QED) is 0.461. The summed E-state index contributed by atoms with van der Waals surface area (Å²) in [6, 6.07) is 13.0. The number of aromatic nitrogens is 2. The van der Waals surface area contributed by atoms with E-state index in [1.54, 1.807) is 24.4 Å². The van der Waals surface area contributed by atoms with Gasteiger partial charge in [-0.15, -0.1) is 0 Å². The third kappa shape index (κ3) is 5.92. The second-order valence-corrected chi connectivity index (χ2v) is 8.96. The van der Waals surface area contributed by atoms with E-state index < -0.39 is 0 Å². The molecule has 0 spiro atoms. The van der Waals surface area contributed by atoms with Crippen molar-refractivity contribution >= 4 is 23.2 Å². The average Bonchev–Trinajstić information content (AvgIpc) is 2.89. The number of anilines is 3. The normalized spacial score (nSPS) is 17.3. The molecule has 0 radical (unpaired) electrons. The van der Waals surface area contributed by atoms with Crippen LogP contribution >= 0.6 is 0 Å². The van der Waals surface area contributed by atoms with Crippen molar-refractivity contribution < 1.29 is 19.0 Å². The highest BCUT2D eigenvalue weighted by molar-refractivity contribution is 5.96. The van der Waals surface area contributed by atoms with Crippen LogP contribution in [-0.4, -0.2) is 48.3 Å². The maximum absolute atomic E-state index is 12.5. The molecule has 1 amide bonds. The summed E-state index contributed by atoms with van der Waals surface area (Å²) in [4.78, 5) is 21.6. The van der Waals surface area contributed by atoms with E-state index in [1.165, 1.54) is 0 Å². The fourth-order valence-corrected chi connectivity index (χ4v) is 4.31. The van der Waals surface area contributed by atoms with E-state index in [2.05, 4.69) is 20.6 Å². The van der Waals surface area contributed by atoms with Crippen molar-refractivity contribution in [2.45, 2.75) is 38.4 Å². The lowest BCUT2D eigenvalue weighted by atomic mass is 10.1. The second kappa shape index (κ2) is 11.4. The number of carbonyl (C=O) groups excluding carboxylic acids is 1. The summed E-state index contributed by atoms with van der Waals surface area (Å²) in [5, 5.41) is 6.24. The minimum absolute atomic E-state index is 0.131. The molecule has 4 N–H and O–H groups in total. The van der Waals surface area contributed by atoms with Crippen LogP contribution in [0.2, 0.25) is 0 Å². The lowest BCUT2D eigenvalue weighted by molar-refractivity contribution is 0.0240. The highest BCUT2D eigenvalue weighted by atomic mass is 16.5. The fraction of sp³-hybridized carbons (Fsp3) is 0.370. The zero-order valence-electron chi connectivity index (χ0n) is 20.2. The molecule has 0 aliphatic carbocycles. The third-order valence-corrected chi connectivity index (χ3v) is 6.28. The number of fused-ring (bicyclic) bond motifs is 9. The number of carbonyl (C=O) groups is 1. The molecule has 0 unspecified atom stereocenters. The van der Waals surface area contributed by atoms with Crippen LogP contribution in [0.1, 0.15) is 41.6 Å². The molecule has 9 heteroatoms. The van der Waals surface area contributed by atoms with Gasteiger partial charge in [0.25, 0.3) is 5.91 Å². The van der Waals surface area contributed by atoms with Gasteiger partial charge in [0.2, 0.25) is 5.95 Å². The van der Waals surface area contributed by atoms with Crippen LogP contribution in [0.15, 0.2) is 48.7 Å². The van der Waals surface area contributed by atoms with Gasteiger partial charge >= 0.3 is 0 Å². The Balaban J connectivity index is 1.43. The van der Waals surface area contributed by atoms with Gasteiger partial charge in [-0.05, 0) is 55.3 Å². The van der Waals surface area contributed by atoms with E-state index in [0.717, 1.165) is 48.2 Å². The van der Waals surface area contributed by atoms with Crippen LogP contribution in [0.3, 0.4) is 0 Å². The number of amides is 1. The van der Waals surface area contributed by atoms with Gasteiger partial charge in [-0.1, -0.05) is 0 Å². The molecule has 9 nitrogen and oxygen atoms in total. The summed E-state index contributed by atoms with van der Waals surface area (Å²) in [6.07, 6.45) is 5.20. The number of ether oxygens (including phenoxy) is 3. The zero-order chi connectivity index (χ0) is 24.7. The topological polar surface area (TPSA) is 121 Å². The first-order valence-electron chi connectivity index (χ1n) is 12.4. The summed E-state index contributed by atoms with van der Waals surface area (Å²) in [6.45, 7) is 3.00. The van der Waals surface area contributed by atoms with Crippen molar-refractivity contribution in [2.24, 2.45) is 0 Å². The molecule has 3 aliphatic heterocycles. The second-order valence-electron chi connectivity index (χ2n) is 8.96. The molecular weight excluding hydrogens is 458 g/mol. The predicted molar refractivity (Wildman–Crippen MR) is 137 cm³/mol. The Bertz CT molecular complexity index is 1210. The summed E-state index contributed by atoms with van der Waals surface area (Å²) >= 11 is 0. The Labute approximate surface area is 210 Å². The Morgan fingerprint density at radius 1 is 1.00 bits per heavy atom. The first kappa shape index (κ1) is 24.0. The van der Waals surface area contributed by atoms with Gasteiger partial charge in [0.15, 0.2) is 0 Å². The standard InChI is InChI=1S/C27H31N5O4/c28-23-16-18-3-5-22(23)24-7-11-30-27(32-24)31-20-4-6-25(36-21-8-13-34-14-9-21)19(15-20)17-35-12-2-1-10-29-26(18)33/h3-7,11,15-16,21H,1-2,8-10,12-14,17,28H2,(H,29,33)(H,30,31,32). The molecule has 1 saturated heterocycles.